The molecule has 2 aliphatic rings. The van der Waals surface area contributed by atoms with Crippen molar-refractivity contribution in [3.63, 3.8) is 0 Å². The standard InChI is InChI=1S/C15H12BrN3O5.C14H13BrN4O2/c16-10-1-6-14(17-7-10)23-13-8-18(9-13)15(20)24-12-4-2-11(3-5-12)19(21)22;15-10-1-2-13(18-6-10)21-12-8-19(9-12)14(20)5-11-7-16-3-4-17-11/h1-7,13H,8-9H2;1-4,6-7,12H,5,8-9H2. The molecule has 45 heavy (non-hydrogen) atoms. The fourth-order valence-electron chi connectivity index (χ4n) is 4.07. The van der Waals surface area contributed by atoms with Crippen LogP contribution in [0, 0.1) is 10.1 Å². The fraction of sp³-hybridized carbons (Fsp3) is 0.241. The maximum absolute atomic E-state index is 12.0. The van der Waals surface area contributed by atoms with Gasteiger partial charge in [-0.2, -0.15) is 0 Å². The molecule has 0 radical (unpaired) electrons. The van der Waals surface area contributed by atoms with E-state index in [-0.39, 0.29) is 36.0 Å². The van der Waals surface area contributed by atoms with Crippen LogP contribution in [0.2, 0.25) is 0 Å². The van der Waals surface area contributed by atoms with Gasteiger partial charge in [0, 0.05) is 64.2 Å². The largest absolute Gasteiger partial charge is 0.471 e. The van der Waals surface area contributed by atoms with Gasteiger partial charge in [0.05, 0.1) is 43.2 Å². The first-order valence-corrected chi connectivity index (χ1v) is 15.1. The van der Waals surface area contributed by atoms with Gasteiger partial charge < -0.3 is 24.0 Å². The molecule has 0 bridgehead atoms. The summed E-state index contributed by atoms with van der Waals surface area (Å²) in [6.45, 7) is 1.95. The maximum atomic E-state index is 12.0. The zero-order chi connectivity index (χ0) is 31.8. The average Bonchev–Trinajstić information content (AvgIpc) is 2.99. The van der Waals surface area contributed by atoms with Gasteiger partial charge in [0.2, 0.25) is 17.7 Å². The molecule has 0 atom stereocenters. The van der Waals surface area contributed by atoms with E-state index >= 15 is 0 Å². The van der Waals surface area contributed by atoms with Crippen LogP contribution in [0.5, 0.6) is 17.5 Å². The number of pyridine rings is 2. The van der Waals surface area contributed by atoms with Gasteiger partial charge in [-0.15, -0.1) is 0 Å². The number of hydrogen-bond donors (Lipinski definition) is 0. The van der Waals surface area contributed by atoms with Crippen molar-refractivity contribution >= 4 is 49.5 Å². The van der Waals surface area contributed by atoms with Crippen molar-refractivity contribution in [3.8, 4) is 17.5 Å². The molecule has 0 spiro atoms. The van der Waals surface area contributed by atoms with Gasteiger partial charge in [-0.25, -0.2) is 14.8 Å². The van der Waals surface area contributed by atoms with Gasteiger partial charge in [-0.3, -0.25) is 24.9 Å². The minimum Gasteiger partial charge on any atom is -0.471 e. The van der Waals surface area contributed by atoms with E-state index in [1.54, 1.807) is 48.0 Å². The third kappa shape index (κ3) is 9.15. The summed E-state index contributed by atoms with van der Waals surface area (Å²) in [7, 11) is 0. The van der Waals surface area contributed by atoms with E-state index in [0.717, 1.165) is 8.95 Å². The van der Waals surface area contributed by atoms with Gasteiger partial charge in [-0.1, -0.05) is 0 Å². The summed E-state index contributed by atoms with van der Waals surface area (Å²) in [6.07, 6.45) is 7.73. The molecular formula is C29H25Br2N7O7. The fourth-order valence-corrected chi connectivity index (χ4v) is 4.54. The zero-order valence-electron chi connectivity index (χ0n) is 23.4. The van der Waals surface area contributed by atoms with Gasteiger partial charge in [0.1, 0.15) is 18.0 Å². The Morgan fingerprint density at radius 3 is 1.87 bits per heavy atom. The second kappa shape index (κ2) is 14.9. The quantitative estimate of drug-likeness (QED) is 0.185. The lowest BCUT2D eigenvalue weighted by Crippen LogP contribution is -2.57. The lowest BCUT2D eigenvalue weighted by atomic mass is 10.1. The third-order valence-corrected chi connectivity index (χ3v) is 7.42. The lowest BCUT2D eigenvalue weighted by Gasteiger charge is -2.38. The van der Waals surface area contributed by atoms with Crippen molar-refractivity contribution in [1.82, 2.24) is 29.7 Å². The number of carbonyl (C=O) groups excluding carboxylic acids is 2. The van der Waals surface area contributed by atoms with Crippen molar-refractivity contribution in [2.24, 2.45) is 0 Å². The number of nitro benzene ring substituents is 1. The molecule has 232 valence electrons. The van der Waals surface area contributed by atoms with Crippen LogP contribution in [0.25, 0.3) is 0 Å². The number of hydrogen-bond acceptors (Lipinski definition) is 11. The highest BCUT2D eigenvalue weighted by Gasteiger charge is 2.34. The van der Waals surface area contributed by atoms with Crippen LogP contribution in [-0.4, -0.2) is 85.0 Å². The van der Waals surface area contributed by atoms with Crippen LogP contribution >= 0.6 is 31.9 Å². The first-order valence-electron chi connectivity index (χ1n) is 13.5. The van der Waals surface area contributed by atoms with Crippen LogP contribution in [0.4, 0.5) is 10.5 Å². The van der Waals surface area contributed by atoms with Crippen LogP contribution in [0.15, 0.2) is 88.5 Å². The molecule has 2 amide bonds. The molecule has 0 unspecified atom stereocenters. The molecule has 0 saturated carbocycles. The van der Waals surface area contributed by atoms with E-state index in [1.807, 2.05) is 12.1 Å². The number of halogens is 2. The molecule has 0 aliphatic carbocycles. The normalized spacial score (nSPS) is 14.3. The smallest absolute Gasteiger partial charge is 0.415 e. The van der Waals surface area contributed by atoms with E-state index in [1.165, 1.54) is 29.2 Å². The number of nitrogens with zero attached hydrogens (tertiary/aromatic N) is 7. The van der Waals surface area contributed by atoms with Crippen molar-refractivity contribution in [1.29, 1.82) is 0 Å². The summed E-state index contributed by atoms with van der Waals surface area (Å²) in [4.78, 5) is 53.5. The highest BCUT2D eigenvalue weighted by atomic mass is 79.9. The summed E-state index contributed by atoms with van der Waals surface area (Å²) in [5.41, 5.74) is 0.621. The number of nitro groups is 1. The minimum atomic E-state index is -0.521. The van der Waals surface area contributed by atoms with Gasteiger partial charge in [-0.05, 0) is 56.1 Å². The molecule has 2 saturated heterocycles. The topological polar surface area (TPSA) is 163 Å². The molecule has 16 heteroatoms. The van der Waals surface area contributed by atoms with Crippen LogP contribution in [-0.2, 0) is 11.2 Å². The number of ether oxygens (including phenoxy) is 3. The maximum Gasteiger partial charge on any atom is 0.415 e. The number of carbonyl (C=O) groups is 2. The molecule has 2 aliphatic heterocycles. The van der Waals surface area contributed by atoms with E-state index in [9.17, 15) is 19.7 Å². The van der Waals surface area contributed by atoms with Crippen molar-refractivity contribution in [3.05, 3.63) is 104 Å². The third-order valence-electron chi connectivity index (χ3n) is 6.48. The highest BCUT2D eigenvalue weighted by molar-refractivity contribution is 9.10. The molecule has 5 heterocycles. The van der Waals surface area contributed by atoms with Crippen molar-refractivity contribution in [2.45, 2.75) is 18.6 Å². The Hall–Kier alpha value is -4.70. The van der Waals surface area contributed by atoms with Gasteiger partial charge in [0.15, 0.2) is 0 Å². The Balaban J connectivity index is 0.000000179. The first-order chi connectivity index (χ1) is 21.7. The molecular weight excluding hydrogens is 718 g/mol. The number of rotatable bonds is 8. The number of non-ortho nitro benzene ring substituents is 1. The zero-order valence-corrected chi connectivity index (χ0v) is 26.6. The lowest BCUT2D eigenvalue weighted by molar-refractivity contribution is -0.384. The molecule has 0 N–H and O–H groups in total. The average molecular weight is 743 g/mol. The monoisotopic (exact) mass is 741 g/mol. The number of likely N-dealkylation sites (tertiary alicyclic amines) is 2. The van der Waals surface area contributed by atoms with E-state index in [2.05, 4.69) is 51.8 Å². The molecule has 2 fully saturated rings. The summed E-state index contributed by atoms with van der Waals surface area (Å²) >= 11 is 6.61. The number of benzene rings is 1. The summed E-state index contributed by atoms with van der Waals surface area (Å²) in [5, 5.41) is 10.6. The number of aromatic nitrogens is 4. The van der Waals surface area contributed by atoms with Crippen LogP contribution < -0.4 is 14.2 Å². The summed E-state index contributed by atoms with van der Waals surface area (Å²) in [6, 6.07) is 12.6. The molecule has 14 nitrogen and oxygen atoms in total. The van der Waals surface area contributed by atoms with E-state index in [4.69, 9.17) is 14.2 Å². The molecule has 1 aromatic carbocycles. The SMILES string of the molecule is O=C(Cc1cnccn1)N1CC(Oc2ccc(Br)cn2)C1.O=C(Oc1ccc([N+](=O)[O-])cc1)N1CC(Oc2ccc(Br)cn2)C1. The van der Waals surface area contributed by atoms with E-state index < -0.39 is 11.0 Å². The summed E-state index contributed by atoms with van der Waals surface area (Å²) < 4.78 is 18.2. The number of amides is 2. The second-order valence-electron chi connectivity index (χ2n) is 9.81. The Morgan fingerprint density at radius 1 is 0.800 bits per heavy atom. The molecule has 6 rings (SSSR count). The minimum absolute atomic E-state index is 0.00415. The molecule has 4 aromatic rings. The predicted octanol–water partition coefficient (Wildman–Crippen LogP) is 4.48. The second-order valence-corrected chi connectivity index (χ2v) is 11.6. The first kappa shape index (κ1) is 31.7. The Bertz CT molecular complexity index is 1600. The van der Waals surface area contributed by atoms with Crippen molar-refractivity contribution in [2.75, 3.05) is 26.2 Å². The Kier molecular flexibility index (Phi) is 10.5. The Morgan fingerprint density at radius 2 is 1.38 bits per heavy atom. The van der Waals surface area contributed by atoms with Crippen LogP contribution in [0.1, 0.15) is 5.69 Å². The predicted molar refractivity (Wildman–Crippen MR) is 166 cm³/mol. The van der Waals surface area contributed by atoms with Gasteiger partial charge >= 0.3 is 6.09 Å². The Labute approximate surface area is 273 Å². The van der Waals surface area contributed by atoms with Crippen LogP contribution in [0.3, 0.4) is 0 Å². The van der Waals surface area contributed by atoms with Crippen molar-refractivity contribution < 1.29 is 28.7 Å². The van der Waals surface area contributed by atoms with Gasteiger partial charge in [0.25, 0.3) is 5.69 Å². The van der Waals surface area contributed by atoms with E-state index in [0.29, 0.717) is 43.6 Å². The molecule has 3 aromatic heterocycles. The highest BCUT2D eigenvalue weighted by Crippen LogP contribution is 2.22. The summed E-state index contributed by atoms with van der Waals surface area (Å²) in [5.74, 6) is 1.36.